The molecule has 20 heavy (non-hydrogen) atoms. The van der Waals surface area contributed by atoms with E-state index in [0.717, 1.165) is 10.7 Å². The third kappa shape index (κ3) is 3.03. The highest BCUT2D eigenvalue weighted by molar-refractivity contribution is 7.13. The van der Waals surface area contributed by atoms with Gasteiger partial charge in [0.05, 0.1) is 10.7 Å². The SMILES string of the molecule is CNC(=O)c1ccc(NC(=O)c2sc(C)nc2C)cc1. The number of nitrogens with one attached hydrogen (secondary N) is 2. The van der Waals surface area contributed by atoms with Crippen molar-refractivity contribution < 1.29 is 9.59 Å². The number of nitrogens with zero attached hydrogens (tertiary/aromatic N) is 1. The van der Waals surface area contributed by atoms with Crippen LogP contribution in [0.1, 0.15) is 30.7 Å². The summed E-state index contributed by atoms with van der Waals surface area (Å²) in [6, 6.07) is 6.73. The molecule has 2 N–H and O–H groups in total. The maximum absolute atomic E-state index is 12.1. The number of carbonyl (C=O) groups excluding carboxylic acids is 2. The van der Waals surface area contributed by atoms with Gasteiger partial charge in [0.2, 0.25) is 0 Å². The Morgan fingerprint density at radius 3 is 2.25 bits per heavy atom. The van der Waals surface area contributed by atoms with Crippen molar-refractivity contribution in [3.8, 4) is 0 Å². The molecule has 0 aliphatic rings. The molecule has 0 aliphatic carbocycles. The molecule has 0 fully saturated rings. The predicted octanol–water partition coefficient (Wildman–Crippen LogP) is 2.37. The van der Waals surface area contributed by atoms with Crippen LogP contribution in [-0.2, 0) is 0 Å². The quantitative estimate of drug-likeness (QED) is 0.911. The maximum Gasteiger partial charge on any atom is 0.267 e. The molecule has 0 unspecified atom stereocenters. The topological polar surface area (TPSA) is 71.1 Å². The highest BCUT2D eigenvalue weighted by Gasteiger charge is 2.14. The summed E-state index contributed by atoms with van der Waals surface area (Å²) in [6.45, 7) is 3.68. The van der Waals surface area contributed by atoms with Crippen LogP contribution in [0, 0.1) is 13.8 Å². The molecule has 0 spiro atoms. The van der Waals surface area contributed by atoms with Crippen LogP contribution in [0.25, 0.3) is 0 Å². The van der Waals surface area contributed by atoms with E-state index in [4.69, 9.17) is 0 Å². The van der Waals surface area contributed by atoms with E-state index in [-0.39, 0.29) is 11.8 Å². The minimum absolute atomic E-state index is 0.156. The number of benzene rings is 1. The van der Waals surface area contributed by atoms with Crippen LogP contribution in [-0.4, -0.2) is 23.8 Å². The van der Waals surface area contributed by atoms with Crippen LogP contribution in [0.2, 0.25) is 0 Å². The highest BCUT2D eigenvalue weighted by Crippen LogP contribution is 2.19. The lowest BCUT2D eigenvalue weighted by molar-refractivity contribution is 0.0962. The Labute approximate surface area is 121 Å². The Kier molecular flexibility index (Phi) is 4.14. The van der Waals surface area contributed by atoms with Gasteiger partial charge in [0.25, 0.3) is 11.8 Å². The van der Waals surface area contributed by atoms with Crippen molar-refractivity contribution in [2.75, 3.05) is 12.4 Å². The monoisotopic (exact) mass is 289 g/mol. The van der Waals surface area contributed by atoms with Crippen LogP contribution in [0.5, 0.6) is 0 Å². The molecule has 6 heteroatoms. The summed E-state index contributed by atoms with van der Waals surface area (Å²) in [5, 5.41) is 6.20. The zero-order chi connectivity index (χ0) is 14.7. The number of carbonyl (C=O) groups is 2. The predicted molar refractivity (Wildman–Crippen MR) is 79.4 cm³/mol. The number of amides is 2. The Morgan fingerprint density at radius 2 is 1.75 bits per heavy atom. The first kappa shape index (κ1) is 14.2. The van der Waals surface area contributed by atoms with Crippen molar-refractivity contribution in [1.29, 1.82) is 0 Å². The molecule has 0 bridgehead atoms. The molecular formula is C14H15N3O2S. The van der Waals surface area contributed by atoms with Gasteiger partial charge in [-0.25, -0.2) is 4.98 Å². The van der Waals surface area contributed by atoms with Crippen molar-refractivity contribution in [2.45, 2.75) is 13.8 Å². The minimum atomic E-state index is -0.180. The van der Waals surface area contributed by atoms with Crippen LogP contribution in [0.3, 0.4) is 0 Å². The van der Waals surface area contributed by atoms with Gasteiger partial charge in [0, 0.05) is 18.3 Å². The van der Waals surface area contributed by atoms with Crippen LogP contribution >= 0.6 is 11.3 Å². The van der Waals surface area contributed by atoms with Crippen LogP contribution < -0.4 is 10.6 Å². The molecule has 0 atom stereocenters. The Balaban J connectivity index is 2.12. The van der Waals surface area contributed by atoms with Crippen LogP contribution in [0.15, 0.2) is 24.3 Å². The van der Waals surface area contributed by atoms with Gasteiger partial charge in [-0.15, -0.1) is 11.3 Å². The third-order valence-electron chi connectivity index (χ3n) is 2.74. The number of aryl methyl sites for hydroxylation is 2. The van der Waals surface area contributed by atoms with Crippen molar-refractivity contribution in [2.24, 2.45) is 0 Å². The van der Waals surface area contributed by atoms with Crippen molar-refractivity contribution in [3.05, 3.63) is 45.4 Å². The van der Waals surface area contributed by atoms with E-state index in [2.05, 4.69) is 15.6 Å². The summed E-state index contributed by atoms with van der Waals surface area (Å²) in [5.41, 5.74) is 1.93. The second kappa shape index (κ2) is 5.83. The number of hydrogen-bond acceptors (Lipinski definition) is 4. The van der Waals surface area contributed by atoms with Crippen molar-refractivity contribution in [1.82, 2.24) is 10.3 Å². The average molecular weight is 289 g/mol. The fourth-order valence-corrected chi connectivity index (χ4v) is 2.59. The first-order chi connectivity index (χ1) is 9.51. The summed E-state index contributed by atoms with van der Waals surface area (Å²) in [7, 11) is 1.58. The first-order valence-corrected chi connectivity index (χ1v) is 6.90. The van der Waals surface area contributed by atoms with Crippen LogP contribution in [0.4, 0.5) is 5.69 Å². The highest BCUT2D eigenvalue weighted by atomic mass is 32.1. The molecule has 1 aromatic carbocycles. The molecule has 5 nitrogen and oxygen atoms in total. The van der Waals surface area contributed by atoms with E-state index in [1.54, 1.807) is 31.3 Å². The van der Waals surface area contributed by atoms with Crippen molar-refractivity contribution in [3.63, 3.8) is 0 Å². The molecular weight excluding hydrogens is 274 g/mol. The van der Waals surface area contributed by atoms with Gasteiger partial charge in [0.1, 0.15) is 4.88 Å². The second-order valence-corrected chi connectivity index (χ2v) is 5.46. The van der Waals surface area contributed by atoms with E-state index in [9.17, 15) is 9.59 Å². The molecule has 0 saturated carbocycles. The lowest BCUT2D eigenvalue weighted by Crippen LogP contribution is -2.17. The number of hydrogen-bond donors (Lipinski definition) is 2. The smallest absolute Gasteiger partial charge is 0.267 e. The largest absolute Gasteiger partial charge is 0.355 e. The Bertz CT molecular complexity index is 647. The molecule has 1 heterocycles. The Hall–Kier alpha value is -2.21. The molecule has 0 radical (unpaired) electrons. The Morgan fingerprint density at radius 1 is 1.10 bits per heavy atom. The second-order valence-electron chi connectivity index (χ2n) is 4.26. The van der Waals surface area contributed by atoms with Gasteiger partial charge in [-0.3, -0.25) is 9.59 Å². The van der Waals surface area contributed by atoms with Gasteiger partial charge >= 0.3 is 0 Å². The van der Waals surface area contributed by atoms with E-state index >= 15 is 0 Å². The summed E-state index contributed by atoms with van der Waals surface area (Å²) in [4.78, 5) is 28.4. The lowest BCUT2D eigenvalue weighted by Gasteiger charge is -2.05. The van der Waals surface area contributed by atoms with E-state index < -0.39 is 0 Å². The number of aromatic nitrogens is 1. The molecule has 0 aliphatic heterocycles. The van der Waals surface area contributed by atoms with Crippen molar-refractivity contribution >= 4 is 28.8 Å². The first-order valence-electron chi connectivity index (χ1n) is 6.09. The molecule has 2 rings (SSSR count). The third-order valence-corrected chi connectivity index (χ3v) is 3.81. The van der Waals surface area contributed by atoms with Gasteiger partial charge in [-0.05, 0) is 38.1 Å². The molecule has 0 saturated heterocycles. The summed E-state index contributed by atoms with van der Waals surface area (Å²) in [6.07, 6.45) is 0. The number of thiazole rings is 1. The molecule has 104 valence electrons. The van der Waals surface area contributed by atoms with Gasteiger partial charge < -0.3 is 10.6 Å². The lowest BCUT2D eigenvalue weighted by atomic mass is 10.2. The number of rotatable bonds is 3. The van der Waals surface area contributed by atoms with E-state index in [1.165, 1.54) is 11.3 Å². The molecule has 2 aromatic rings. The van der Waals surface area contributed by atoms with E-state index in [1.807, 2.05) is 13.8 Å². The minimum Gasteiger partial charge on any atom is -0.355 e. The fraction of sp³-hybridized carbons (Fsp3) is 0.214. The number of anilines is 1. The molecule has 1 aromatic heterocycles. The summed E-state index contributed by atoms with van der Waals surface area (Å²) >= 11 is 1.37. The average Bonchev–Trinajstić information content (AvgIpc) is 2.78. The van der Waals surface area contributed by atoms with E-state index in [0.29, 0.717) is 16.1 Å². The summed E-state index contributed by atoms with van der Waals surface area (Å²) < 4.78 is 0. The van der Waals surface area contributed by atoms with Gasteiger partial charge in [-0.1, -0.05) is 0 Å². The zero-order valence-electron chi connectivity index (χ0n) is 11.5. The van der Waals surface area contributed by atoms with Gasteiger partial charge in [-0.2, -0.15) is 0 Å². The standard InChI is InChI=1S/C14H15N3O2S/c1-8-12(20-9(2)16-8)14(19)17-11-6-4-10(5-7-11)13(18)15-3/h4-7H,1-3H3,(H,15,18)(H,17,19). The zero-order valence-corrected chi connectivity index (χ0v) is 12.3. The summed E-state index contributed by atoms with van der Waals surface area (Å²) in [5.74, 6) is -0.336. The maximum atomic E-state index is 12.1. The van der Waals surface area contributed by atoms with Gasteiger partial charge in [0.15, 0.2) is 0 Å². The fourth-order valence-electron chi connectivity index (χ4n) is 1.78. The normalized spacial score (nSPS) is 10.2. The molecule has 2 amide bonds.